The summed E-state index contributed by atoms with van der Waals surface area (Å²) in [6, 6.07) is 5.92. The van der Waals surface area contributed by atoms with Crippen molar-refractivity contribution in [2.24, 2.45) is 0 Å². The van der Waals surface area contributed by atoms with Crippen molar-refractivity contribution in [1.29, 1.82) is 0 Å². The van der Waals surface area contributed by atoms with E-state index in [1.165, 1.54) is 18.3 Å². The largest absolute Gasteiger partial charge is 0.483 e. The maximum atomic E-state index is 12.8. The molecule has 1 aliphatic heterocycles. The van der Waals surface area contributed by atoms with E-state index in [4.69, 9.17) is 16.7 Å². The topological polar surface area (TPSA) is 91.8 Å². The van der Waals surface area contributed by atoms with Gasteiger partial charge in [-0.2, -0.15) is 13.2 Å². The van der Waals surface area contributed by atoms with Gasteiger partial charge in [0.25, 0.3) is 5.91 Å². The molecule has 2 heterocycles. The number of halogens is 4. The molecule has 1 aromatic carbocycles. The number of amides is 2. The quantitative estimate of drug-likeness (QED) is 0.549. The van der Waals surface area contributed by atoms with Crippen molar-refractivity contribution in [1.82, 2.24) is 15.2 Å². The first kappa shape index (κ1) is 23.8. The Morgan fingerprint density at radius 1 is 1.31 bits per heavy atom. The number of carbonyl (C=O) groups is 2. The van der Waals surface area contributed by atoms with Crippen LogP contribution < -0.4 is 10.1 Å². The van der Waals surface area contributed by atoms with Gasteiger partial charge in [-0.3, -0.25) is 14.6 Å². The fourth-order valence-electron chi connectivity index (χ4n) is 3.29. The lowest BCUT2D eigenvalue weighted by molar-refractivity contribution is -0.153. The maximum Gasteiger partial charge on any atom is 0.422 e. The molecule has 0 atom stereocenters. The molecule has 11 heteroatoms. The summed E-state index contributed by atoms with van der Waals surface area (Å²) in [6.45, 7) is -0.712. The van der Waals surface area contributed by atoms with Crippen LogP contribution in [0.2, 0.25) is 5.02 Å². The van der Waals surface area contributed by atoms with E-state index >= 15 is 0 Å². The van der Waals surface area contributed by atoms with Gasteiger partial charge in [-0.15, -0.1) is 0 Å². The van der Waals surface area contributed by atoms with Crippen LogP contribution in [0.1, 0.15) is 33.6 Å². The molecular formula is C21H21ClF3N3O4. The van der Waals surface area contributed by atoms with E-state index < -0.39 is 12.8 Å². The number of carbonyl (C=O) groups excluding carboxylic acids is 2. The Morgan fingerprint density at radius 2 is 2.09 bits per heavy atom. The monoisotopic (exact) mass is 471 g/mol. The van der Waals surface area contributed by atoms with Crippen LogP contribution >= 0.6 is 11.6 Å². The highest BCUT2D eigenvalue weighted by molar-refractivity contribution is 6.32. The molecular weight excluding hydrogens is 451 g/mol. The second-order valence-corrected chi connectivity index (χ2v) is 7.62. The van der Waals surface area contributed by atoms with Gasteiger partial charge < -0.3 is 20.1 Å². The minimum Gasteiger partial charge on any atom is -0.483 e. The molecule has 1 aromatic heterocycles. The van der Waals surface area contributed by atoms with Crippen LogP contribution in [0.15, 0.2) is 30.5 Å². The third-order valence-electron chi connectivity index (χ3n) is 4.76. The van der Waals surface area contributed by atoms with Crippen molar-refractivity contribution in [2.45, 2.75) is 32.1 Å². The summed E-state index contributed by atoms with van der Waals surface area (Å²) >= 11 is 6.04. The van der Waals surface area contributed by atoms with E-state index in [-0.39, 0.29) is 48.7 Å². The van der Waals surface area contributed by atoms with Crippen LogP contribution in [-0.4, -0.2) is 52.7 Å². The lowest BCUT2D eigenvalue weighted by Crippen LogP contribution is -2.27. The SMILES string of the molecule is O=C(Cc1nccc2c1CN(Cc1ccc(OCC(F)(F)F)c(Cl)c1)C2=O)NCCCO. The Balaban J connectivity index is 1.67. The number of benzene rings is 1. The zero-order chi connectivity index (χ0) is 23.3. The third kappa shape index (κ3) is 6.10. The Bertz CT molecular complexity index is 1000. The standard InChI is InChI=1S/C21H21ClF3N3O4/c22-16-8-13(2-3-18(16)32-12-21(23,24)25)10-28-11-15-14(20(28)31)4-6-26-17(15)9-19(30)27-5-1-7-29/h2-4,6,8,29H,1,5,7,9-12H2,(H,27,30). The molecule has 7 nitrogen and oxygen atoms in total. The van der Waals surface area contributed by atoms with Crippen molar-refractivity contribution in [2.75, 3.05) is 19.8 Å². The molecule has 3 rings (SSSR count). The number of aliphatic hydroxyl groups is 1. The summed E-state index contributed by atoms with van der Waals surface area (Å²) in [7, 11) is 0. The minimum atomic E-state index is -4.47. The van der Waals surface area contributed by atoms with Crippen molar-refractivity contribution in [3.05, 3.63) is 57.9 Å². The van der Waals surface area contributed by atoms with Crippen molar-refractivity contribution >= 4 is 23.4 Å². The molecule has 2 N–H and O–H groups in total. The highest BCUT2D eigenvalue weighted by Gasteiger charge is 2.31. The molecule has 2 aromatic rings. The first-order valence-corrected chi connectivity index (χ1v) is 10.2. The number of nitrogens with zero attached hydrogens (tertiary/aromatic N) is 2. The molecule has 0 saturated heterocycles. The Labute approximate surface area is 187 Å². The lowest BCUT2D eigenvalue weighted by Gasteiger charge is -2.17. The van der Waals surface area contributed by atoms with E-state index in [1.54, 1.807) is 17.0 Å². The third-order valence-corrected chi connectivity index (χ3v) is 5.05. The summed E-state index contributed by atoms with van der Waals surface area (Å²) in [5, 5.41) is 11.5. The fourth-order valence-corrected chi connectivity index (χ4v) is 3.54. The van der Waals surface area contributed by atoms with Gasteiger partial charge >= 0.3 is 6.18 Å². The summed E-state index contributed by atoms with van der Waals surface area (Å²) < 4.78 is 41.7. The fraction of sp³-hybridized carbons (Fsp3) is 0.381. The van der Waals surface area contributed by atoms with Crippen molar-refractivity contribution < 1.29 is 32.6 Å². The molecule has 0 spiro atoms. The normalized spacial score (nSPS) is 13.3. The number of aliphatic hydroxyl groups excluding tert-OH is 1. The van der Waals surface area contributed by atoms with Crippen LogP contribution in [0.5, 0.6) is 5.75 Å². The van der Waals surface area contributed by atoms with Gasteiger partial charge in [-0.1, -0.05) is 17.7 Å². The van der Waals surface area contributed by atoms with E-state index in [1.807, 2.05) is 0 Å². The average Bonchev–Trinajstić information content (AvgIpc) is 3.03. The molecule has 1 aliphatic rings. The number of aromatic nitrogens is 1. The molecule has 0 aliphatic carbocycles. The van der Waals surface area contributed by atoms with Crippen LogP contribution in [0, 0.1) is 0 Å². The van der Waals surface area contributed by atoms with Gasteiger partial charge in [-0.25, -0.2) is 0 Å². The van der Waals surface area contributed by atoms with Crippen LogP contribution in [0.3, 0.4) is 0 Å². The number of hydrogen-bond acceptors (Lipinski definition) is 5. The van der Waals surface area contributed by atoms with Gasteiger partial charge in [0.1, 0.15) is 5.75 Å². The number of hydrogen-bond donors (Lipinski definition) is 2. The molecule has 32 heavy (non-hydrogen) atoms. The average molecular weight is 472 g/mol. The minimum absolute atomic E-state index is 0.00674. The van der Waals surface area contributed by atoms with E-state index in [2.05, 4.69) is 15.0 Å². The first-order valence-electron chi connectivity index (χ1n) is 9.79. The summed E-state index contributed by atoms with van der Waals surface area (Å²) in [5.41, 5.74) is 2.22. The molecule has 0 bridgehead atoms. The van der Waals surface area contributed by atoms with E-state index in [0.717, 1.165) is 0 Å². The predicted molar refractivity (Wildman–Crippen MR) is 109 cm³/mol. The highest BCUT2D eigenvalue weighted by atomic mass is 35.5. The van der Waals surface area contributed by atoms with Gasteiger partial charge in [-0.05, 0) is 30.2 Å². The van der Waals surface area contributed by atoms with E-state index in [9.17, 15) is 22.8 Å². The van der Waals surface area contributed by atoms with E-state index in [0.29, 0.717) is 35.3 Å². The number of nitrogens with one attached hydrogen (secondary N) is 1. The van der Waals surface area contributed by atoms with Gasteiger partial charge in [0.05, 0.1) is 17.1 Å². The van der Waals surface area contributed by atoms with Gasteiger partial charge in [0.15, 0.2) is 6.61 Å². The Morgan fingerprint density at radius 3 is 2.78 bits per heavy atom. The number of rotatable bonds is 9. The lowest BCUT2D eigenvalue weighted by atomic mass is 10.1. The number of pyridine rings is 1. The zero-order valence-electron chi connectivity index (χ0n) is 16.9. The molecule has 0 radical (unpaired) electrons. The van der Waals surface area contributed by atoms with Crippen LogP contribution in [0.4, 0.5) is 13.2 Å². The zero-order valence-corrected chi connectivity index (χ0v) is 17.7. The molecule has 172 valence electrons. The number of ether oxygens (including phenoxy) is 1. The number of fused-ring (bicyclic) bond motifs is 1. The Hall–Kier alpha value is -2.85. The van der Waals surface area contributed by atoms with Crippen molar-refractivity contribution in [3.8, 4) is 5.75 Å². The predicted octanol–water partition coefficient (Wildman–Crippen LogP) is 2.87. The second-order valence-electron chi connectivity index (χ2n) is 7.22. The Kier molecular flexibility index (Phi) is 7.57. The molecule has 0 saturated carbocycles. The van der Waals surface area contributed by atoms with Crippen molar-refractivity contribution in [3.63, 3.8) is 0 Å². The van der Waals surface area contributed by atoms with Gasteiger partial charge in [0.2, 0.25) is 5.91 Å². The highest BCUT2D eigenvalue weighted by Crippen LogP contribution is 2.30. The maximum absolute atomic E-state index is 12.8. The molecule has 0 unspecified atom stereocenters. The molecule has 0 fully saturated rings. The van der Waals surface area contributed by atoms with Crippen LogP contribution in [0.25, 0.3) is 0 Å². The second kappa shape index (κ2) is 10.2. The van der Waals surface area contributed by atoms with Gasteiger partial charge in [0, 0.05) is 43.6 Å². The van der Waals surface area contributed by atoms with Crippen LogP contribution in [-0.2, 0) is 24.3 Å². The first-order chi connectivity index (χ1) is 15.2. The number of alkyl halides is 3. The summed E-state index contributed by atoms with van der Waals surface area (Å²) in [4.78, 5) is 30.7. The molecule has 2 amide bonds. The smallest absolute Gasteiger partial charge is 0.422 e. The summed E-state index contributed by atoms with van der Waals surface area (Å²) in [5.74, 6) is -0.591. The summed E-state index contributed by atoms with van der Waals surface area (Å²) in [6.07, 6.45) is -2.55.